The molecule has 4 aliphatic rings. The molecule has 0 spiro atoms. The van der Waals surface area contributed by atoms with Crippen molar-refractivity contribution in [3.63, 3.8) is 0 Å². The summed E-state index contributed by atoms with van der Waals surface area (Å²) in [6.45, 7) is 9.77. The lowest BCUT2D eigenvalue weighted by molar-refractivity contribution is -0.933. The van der Waals surface area contributed by atoms with Gasteiger partial charge in [-0.1, -0.05) is 0 Å². The molecule has 0 atom stereocenters. The Bertz CT molecular complexity index is 558. The average Bonchev–Trinajstić information content (AvgIpc) is 2.64. The van der Waals surface area contributed by atoms with Gasteiger partial charge in [-0.3, -0.25) is 9.69 Å². The van der Waals surface area contributed by atoms with Gasteiger partial charge in [-0.15, -0.1) is 0 Å². The maximum absolute atomic E-state index is 12.5. The third-order valence-corrected chi connectivity index (χ3v) is 6.02. The Morgan fingerprint density at radius 2 is 1.54 bits per heavy atom. The number of anilines is 2. The average molecular weight is 329 g/mol. The first-order chi connectivity index (χ1) is 11.7. The van der Waals surface area contributed by atoms with Crippen molar-refractivity contribution in [1.29, 1.82) is 0 Å². The van der Waals surface area contributed by atoms with E-state index in [4.69, 9.17) is 0 Å². The second-order valence-corrected chi connectivity index (χ2v) is 7.65. The summed E-state index contributed by atoms with van der Waals surface area (Å²) in [4.78, 5) is 17.5. The van der Waals surface area contributed by atoms with E-state index < -0.39 is 0 Å². The highest BCUT2D eigenvalue weighted by atomic mass is 16.2. The summed E-state index contributed by atoms with van der Waals surface area (Å²) in [7, 11) is 0. The largest absolute Gasteiger partial charge is 0.372 e. The van der Waals surface area contributed by atoms with E-state index in [0.29, 0.717) is 6.54 Å². The Hall–Kier alpha value is -1.59. The van der Waals surface area contributed by atoms with Crippen LogP contribution in [0.2, 0.25) is 0 Å². The topological polar surface area (TPSA) is 35.6 Å². The molecule has 4 aliphatic heterocycles. The zero-order chi connectivity index (χ0) is 16.4. The van der Waals surface area contributed by atoms with Crippen molar-refractivity contribution in [3.8, 4) is 0 Å². The van der Waals surface area contributed by atoms with Crippen LogP contribution in [-0.4, -0.2) is 74.2 Å². The molecule has 4 heterocycles. The molecule has 0 saturated carbocycles. The number of nitrogens with one attached hydrogen (secondary N) is 1. The lowest BCUT2D eigenvalue weighted by Crippen LogP contribution is -2.68. The van der Waals surface area contributed by atoms with Gasteiger partial charge in [0.15, 0.2) is 6.54 Å². The van der Waals surface area contributed by atoms with Crippen molar-refractivity contribution in [2.45, 2.75) is 19.3 Å². The molecule has 1 N–H and O–H groups in total. The van der Waals surface area contributed by atoms with Crippen LogP contribution in [0.5, 0.6) is 0 Å². The molecule has 5 rings (SSSR count). The van der Waals surface area contributed by atoms with Crippen LogP contribution in [0.4, 0.5) is 11.4 Å². The minimum atomic E-state index is 0.163. The van der Waals surface area contributed by atoms with E-state index in [1.807, 2.05) is 0 Å². The van der Waals surface area contributed by atoms with Gasteiger partial charge in [-0.25, -0.2) is 0 Å². The van der Waals surface area contributed by atoms with Gasteiger partial charge in [0.25, 0.3) is 5.91 Å². The normalized spacial score (nSPS) is 29.5. The summed E-state index contributed by atoms with van der Waals surface area (Å²) >= 11 is 0. The molecule has 1 aromatic rings. The van der Waals surface area contributed by atoms with Crippen LogP contribution < -0.4 is 10.2 Å². The number of piperidine rings is 1. The van der Waals surface area contributed by atoms with Crippen LogP contribution >= 0.6 is 0 Å². The van der Waals surface area contributed by atoms with Gasteiger partial charge in [-0.05, 0) is 43.5 Å². The van der Waals surface area contributed by atoms with Gasteiger partial charge in [0.2, 0.25) is 0 Å². The Labute approximate surface area is 144 Å². The fourth-order valence-corrected chi connectivity index (χ4v) is 4.38. The monoisotopic (exact) mass is 329 g/mol. The van der Waals surface area contributed by atoms with Crippen LogP contribution in [0.15, 0.2) is 24.3 Å². The van der Waals surface area contributed by atoms with Crippen molar-refractivity contribution in [2.24, 2.45) is 0 Å². The molecule has 2 bridgehead atoms. The Morgan fingerprint density at radius 1 is 0.917 bits per heavy atom. The number of amides is 1. The van der Waals surface area contributed by atoms with Crippen LogP contribution in [0.25, 0.3) is 0 Å². The Kier molecular flexibility index (Phi) is 4.46. The van der Waals surface area contributed by atoms with Gasteiger partial charge in [0.1, 0.15) is 0 Å². The number of quaternary nitrogens is 1. The predicted molar refractivity (Wildman–Crippen MR) is 97.3 cm³/mol. The Morgan fingerprint density at radius 3 is 2.17 bits per heavy atom. The molecule has 4 saturated heterocycles. The highest BCUT2D eigenvalue weighted by Gasteiger charge is 2.39. The maximum atomic E-state index is 12.5. The minimum absolute atomic E-state index is 0.163. The second-order valence-electron chi connectivity index (χ2n) is 7.65. The van der Waals surface area contributed by atoms with Crippen LogP contribution in [-0.2, 0) is 4.79 Å². The van der Waals surface area contributed by atoms with Gasteiger partial charge >= 0.3 is 0 Å². The number of fused-ring (bicyclic) bond motifs is 3. The molecule has 4 fully saturated rings. The van der Waals surface area contributed by atoms with Crippen LogP contribution in [0.3, 0.4) is 0 Å². The van der Waals surface area contributed by atoms with Crippen LogP contribution in [0.1, 0.15) is 19.3 Å². The van der Waals surface area contributed by atoms with E-state index in [0.717, 1.165) is 62.5 Å². The standard InChI is InChI=1S/C19H28N4O/c24-19(16-23-13-10-21(11-14-23)12-15-23)20-17-4-6-18(7-5-17)22-8-2-1-3-9-22/h4-7H,1-3,8-16H2/p+1. The summed E-state index contributed by atoms with van der Waals surface area (Å²) in [5.74, 6) is 0.163. The van der Waals surface area contributed by atoms with Crippen molar-refractivity contribution in [3.05, 3.63) is 24.3 Å². The lowest BCUT2D eigenvalue weighted by atomic mass is 10.1. The molecule has 5 heteroatoms. The molecule has 1 aromatic carbocycles. The summed E-state index contributed by atoms with van der Waals surface area (Å²) in [6.07, 6.45) is 3.92. The molecular weight excluding hydrogens is 300 g/mol. The first-order valence-corrected chi connectivity index (χ1v) is 9.45. The fourth-order valence-electron chi connectivity index (χ4n) is 4.38. The van der Waals surface area contributed by atoms with Crippen molar-refractivity contribution in [2.75, 3.05) is 69.1 Å². The summed E-state index contributed by atoms with van der Waals surface area (Å²) in [5, 5.41) is 3.11. The molecule has 0 aliphatic carbocycles. The van der Waals surface area contributed by atoms with Crippen molar-refractivity contribution < 1.29 is 9.28 Å². The SMILES string of the molecule is O=C(C[N+]12CCN(CC1)CC2)Nc1ccc(N2CCCCC2)cc1. The molecular formula is C19H29N4O+. The summed E-state index contributed by atoms with van der Waals surface area (Å²) in [6, 6.07) is 8.40. The van der Waals surface area contributed by atoms with Crippen molar-refractivity contribution >= 4 is 17.3 Å². The van der Waals surface area contributed by atoms with Gasteiger partial charge in [-0.2, -0.15) is 0 Å². The first kappa shape index (κ1) is 15.9. The van der Waals surface area contributed by atoms with Gasteiger partial charge < -0.3 is 14.7 Å². The maximum Gasteiger partial charge on any atom is 0.279 e. The zero-order valence-corrected chi connectivity index (χ0v) is 14.5. The number of rotatable bonds is 4. The van der Waals surface area contributed by atoms with E-state index in [-0.39, 0.29) is 5.91 Å². The number of piperazine rings is 3. The molecule has 0 unspecified atom stereocenters. The highest BCUT2D eigenvalue weighted by Crippen LogP contribution is 2.23. The molecule has 0 aromatic heterocycles. The van der Waals surface area contributed by atoms with E-state index in [1.165, 1.54) is 24.9 Å². The smallest absolute Gasteiger partial charge is 0.279 e. The fraction of sp³-hybridized carbons (Fsp3) is 0.632. The Balaban J connectivity index is 1.33. The van der Waals surface area contributed by atoms with Gasteiger partial charge in [0.05, 0.1) is 19.6 Å². The van der Waals surface area contributed by atoms with E-state index in [1.54, 1.807) is 0 Å². The summed E-state index contributed by atoms with van der Waals surface area (Å²) in [5.41, 5.74) is 2.20. The number of carbonyl (C=O) groups excluding carboxylic acids is 1. The summed E-state index contributed by atoms with van der Waals surface area (Å²) < 4.78 is 0.980. The van der Waals surface area contributed by atoms with E-state index in [9.17, 15) is 4.79 Å². The molecule has 24 heavy (non-hydrogen) atoms. The van der Waals surface area contributed by atoms with E-state index >= 15 is 0 Å². The van der Waals surface area contributed by atoms with Gasteiger partial charge in [0, 0.05) is 44.1 Å². The minimum Gasteiger partial charge on any atom is -0.372 e. The number of hydrogen-bond acceptors (Lipinski definition) is 3. The predicted octanol–water partition coefficient (Wildman–Crippen LogP) is 1.76. The zero-order valence-electron chi connectivity index (χ0n) is 14.5. The third kappa shape index (κ3) is 3.42. The number of nitrogens with zero attached hydrogens (tertiary/aromatic N) is 3. The molecule has 5 nitrogen and oxygen atoms in total. The quantitative estimate of drug-likeness (QED) is 0.855. The van der Waals surface area contributed by atoms with Crippen LogP contribution in [0, 0.1) is 0 Å². The van der Waals surface area contributed by atoms with E-state index in [2.05, 4.69) is 39.4 Å². The highest BCUT2D eigenvalue weighted by molar-refractivity contribution is 5.91. The van der Waals surface area contributed by atoms with Crippen molar-refractivity contribution in [1.82, 2.24) is 4.90 Å². The second kappa shape index (κ2) is 6.73. The number of benzene rings is 1. The number of carbonyl (C=O) groups is 1. The third-order valence-electron chi connectivity index (χ3n) is 6.02. The molecule has 1 amide bonds. The molecule has 0 radical (unpaired) electrons. The molecule has 130 valence electrons. The first-order valence-electron chi connectivity index (χ1n) is 9.45. The number of hydrogen-bond donors (Lipinski definition) is 1. The lowest BCUT2D eigenvalue weighted by Gasteiger charge is -2.50.